The second kappa shape index (κ2) is 7.31. The predicted octanol–water partition coefficient (Wildman–Crippen LogP) is 3.31. The highest BCUT2D eigenvalue weighted by atomic mass is 79.9. The summed E-state index contributed by atoms with van der Waals surface area (Å²) in [6.45, 7) is 5.91. The van der Waals surface area contributed by atoms with E-state index in [9.17, 15) is 4.79 Å². The quantitative estimate of drug-likeness (QED) is 0.711. The first-order valence-electron chi connectivity index (χ1n) is 8.17. The third kappa shape index (κ3) is 3.71. The minimum Gasteiger partial charge on any atom is -0.350 e. The van der Waals surface area contributed by atoms with Gasteiger partial charge in [-0.3, -0.25) is 4.79 Å². The lowest BCUT2D eigenvalue weighted by Crippen LogP contribution is -2.27. The van der Waals surface area contributed by atoms with Crippen molar-refractivity contribution in [3.05, 3.63) is 57.6 Å². The minimum atomic E-state index is -0.0545. The molecular weight excluding hydrogens is 382 g/mol. The van der Waals surface area contributed by atoms with E-state index in [1.165, 1.54) is 6.33 Å². The van der Waals surface area contributed by atoms with Crippen molar-refractivity contribution in [1.82, 2.24) is 24.9 Å². The number of aryl methyl sites for hydroxylation is 2. The van der Waals surface area contributed by atoms with Gasteiger partial charge in [0, 0.05) is 22.3 Å². The van der Waals surface area contributed by atoms with Gasteiger partial charge in [-0.1, -0.05) is 34.1 Å². The molecule has 0 aliphatic carbocycles. The minimum absolute atomic E-state index is 0.0146. The van der Waals surface area contributed by atoms with E-state index in [4.69, 9.17) is 0 Å². The Morgan fingerprint density at radius 3 is 2.84 bits per heavy atom. The number of rotatable bonds is 5. The zero-order valence-electron chi connectivity index (χ0n) is 14.5. The summed E-state index contributed by atoms with van der Waals surface area (Å²) in [4.78, 5) is 20.9. The maximum absolute atomic E-state index is 12.4. The fourth-order valence-electron chi connectivity index (χ4n) is 2.97. The SMILES string of the molecule is Cc1nc2ncnn2c(C)c1CCC(=O)NC(C)c1ccccc1Br. The second-order valence-electron chi connectivity index (χ2n) is 6.04. The smallest absolute Gasteiger partial charge is 0.252 e. The number of carbonyl (C=O) groups is 1. The molecule has 0 spiro atoms. The lowest BCUT2D eigenvalue weighted by molar-refractivity contribution is -0.121. The van der Waals surface area contributed by atoms with Crippen LogP contribution in [0.25, 0.3) is 5.78 Å². The van der Waals surface area contributed by atoms with Crippen molar-refractivity contribution in [2.75, 3.05) is 0 Å². The van der Waals surface area contributed by atoms with Gasteiger partial charge < -0.3 is 5.32 Å². The molecule has 0 radical (unpaired) electrons. The van der Waals surface area contributed by atoms with Crippen LogP contribution in [0.5, 0.6) is 0 Å². The molecule has 0 saturated carbocycles. The van der Waals surface area contributed by atoms with Gasteiger partial charge in [0.15, 0.2) is 0 Å². The average molecular weight is 402 g/mol. The van der Waals surface area contributed by atoms with Crippen molar-refractivity contribution in [1.29, 1.82) is 0 Å². The molecule has 2 aromatic heterocycles. The van der Waals surface area contributed by atoms with E-state index in [0.29, 0.717) is 18.6 Å². The zero-order valence-corrected chi connectivity index (χ0v) is 16.0. The van der Waals surface area contributed by atoms with E-state index in [2.05, 4.69) is 36.3 Å². The molecule has 3 aromatic rings. The van der Waals surface area contributed by atoms with Gasteiger partial charge in [-0.15, -0.1) is 0 Å². The highest BCUT2D eigenvalue weighted by molar-refractivity contribution is 9.10. The van der Waals surface area contributed by atoms with Gasteiger partial charge in [0.25, 0.3) is 5.78 Å². The number of aromatic nitrogens is 4. The first-order chi connectivity index (χ1) is 12.0. The molecule has 0 fully saturated rings. The monoisotopic (exact) mass is 401 g/mol. The summed E-state index contributed by atoms with van der Waals surface area (Å²) >= 11 is 3.53. The van der Waals surface area contributed by atoms with Crippen LogP contribution in [0.4, 0.5) is 0 Å². The number of amides is 1. The highest BCUT2D eigenvalue weighted by Gasteiger charge is 2.15. The van der Waals surface area contributed by atoms with Crippen LogP contribution < -0.4 is 5.32 Å². The molecule has 1 amide bonds. The van der Waals surface area contributed by atoms with E-state index in [0.717, 1.165) is 27.0 Å². The number of hydrogen-bond acceptors (Lipinski definition) is 4. The summed E-state index contributed by atoms with van der Waals surface area (Å²) in [6, 6.07) is 7.85. The fraction of sp³-hybridized carbons (Fsp3) is 0.333. The van der Waals surface area contributed by atoms with Crippen LogP contribution in [0, 0.1) is 13.8 Å². The van der Waals surface area contributed by atoms with Gasteiger partial charge in [-0.05, 0) is 44.4 Å². The van der Waals surface area contributed by atoms with Gasteiger partial charge in [0.05, 0.1) is 6.04 Å². The molecule has 1 aromatic carbocycles. The fourth-order valence-corrected chi connectivity index (χ4v) is 3.60. The van der Waals surface area contributed by atoms with Crippen molar-refractivity contribution in [3.8, 4) is 0 Å². The van der Waals surface area contributed by atoms with Gasteiger partial charge in [0.1, 0.15) is 6.33 Å². The van der Waals surface area contributed by atoms with Gasteiger partial charge in [0.2, 0.25) is 5.91 Å². The first-order valence-corrected chi connectivity index (χ1v) is 8.96. The zero-order chi connectivity index (χ0) is 18.0. The Labute approximate surface area is 154 Å². The van der Waals surface area contributed by atoms with Crippen LogP contribution in [0.3, 0.4) is 0 Å². The molecule has 6 nitrogen and oxygen atoms in total. The van der Waals surface area contributed by atoms with Crippen molar-refractivity contribution in [3.63, 3.8) is 0 Å². The number of fused-ring (bicyclic) bond motifs is 1. The summed E-state index contributed by atoms with van der Waals surface area (Å²) < 4.78 is 2.71. The molecule has 0 aliphatic heterocycles. The molecule has 2 heterocycles. The van der Waals surface area contributed by atoms with Gasteiger partial charge >= 0.3 is 0 Å². The molecule has 1 unspecified atom stereocenters. The molecule has 1 N–H and O–H groups in total. The number of halogens is 1. The Bertz CT molecular complexity index is 921. The third-order valence-corrected chi connectivity index (χ3v) is 5.06. The molecule has 1 atom stereocenters. The summed E-state index contributed by atoms with van der Waals surface area (Å²) in [7, 11) is 0. The topological polar surface area (TPSA) is 72.2 Å². The summed E-state index contributed by atoms with van der Waals surface area (Å²) in [5, 5.41) is 7.24. The van der Waals surface area contributed by atoms with E-state index in [1.54, 1.807) is 4.52 Å². The van der Waals surface area contributed by atoms with Crippen molar-refractivity contribution in [2.45, 2.75) is 39.7 Å². The predicted molar refractivity (Wildman–Crippen MR) is 99.3 cm³/mol. The van der Waals surface area contributed by atoms with Crippen molar-refractivity contribution >= 4 is 27.6 Å². The molecule has 0 saturated heterocycles. The molecule has 25 heavy (non-hydrogen) atoms. The molecule has 7 heteroatoms. The molecular formula is C18H20BrN5O. The van der Waals surface area contributed by atoms with E-state index >= 15 is 0 Å². The van der Waals surface area contributed by atoms with Crippen LogP contribution in [-0.4, -0.2) is 25.5 Å². The maximum atomic E-state index is 12.4. The Balaban J connectivity index is 1.68. The summed E-state index contributed by atoms with van der Waals surface area (Å²) in [5.74, 6) is 0.603. The summed E-state index contributed by atoms with van der Waals surface area (Å²) in [5.41, 5.74) is 3.98. The average Bonchev–Trinajstić information content (AvgIpc) is 3.03. The highest BCUT2D eigenvalue weighted by Crippen LogP contribution is 2.23. The normalized spacial score (nSPS) is 12.3. The van der Waals surface area contributed by atoms with E-state index in [1.807, 2.05) is 45.0 Å². The maximum Gasteiger partial charge on any atom is 0.252 e. The van der Waals surface area contributed by atoms with Crippen LogP contribution in [-0.2, 0) is 11.2 Å². The Hall–Kier alpha value is -2.28. The number of carbonyl (C=O) groups excluding carboxylic acids is 1. The lowest BCUT2D eigenvalue weighted by atomic mass is 10.1. The van der Waals surface area contributed by atoms with Crippen LogP contribution >= 0.6 is 15.9 Å². The Morgan fingerprint density at radius 2 is 2.08 bits per heavy atom. The van der Waals surface area contributed by atoms with E-state index < -0.39 is 0 Å². The largest absolute Gasteiger partial charge is 0.350 e. The van der Waals surface area contributed by atoms with Crippen molar-refractivity contribution < 1.29 is 4.79 Å². The Morgan fingerprint density at radius 1 is 1.32 bits per heavy atom. The number of hydrogen-bond donors (Lipinski definition) is 1. The van der Waals surface area contributed by atoms with Crippen LogP contribution in [0.2, 0.25) is 0 Å². The van der Waals surface area contributed by atoms with Gasteiger partial charge in [-0.2, -0.15) is 10.1 Å². The van der Waals surface area contributed by atoms with Crippen molar-refractivity contribution in [2.24, 2.45) is 0 Å². The second-order valence-corrected chi connectivity index (χ2v) is 6.90. The van der Waals surface area contributed by atoms with Gasteiger partial charge in [-0.25, -0.2) is 9.50 Å². The first kappa shape index (κ1) is 17.5. The Kier molecular flexibility index (Phi) is 5.13. The number of nitrogens with zero attached hydrogens (tertiary/aromatic N) is 4. The van der Waals surface area contributed by atoms with E-state index in [-0.39, 0.29) is 11.9 Å². The number of benzene rings is 1. The summed E-state index contributed by atoms with van der Waals surface area (Å²) in [6.07, 6.45) is 2.51. The van der Waals surface area contributed by atoms with Crippen LogP contribution in [0.1, 0.15) is 41.9 Å². The lowest BCUT2D eigenvalue weighted by Gasteiger charge is -2.16. The standard InChI is InChI=1S/C18H20BrN5O/c1-11-14(13(3)24-18(23-11)20-10-21-24)8-9-17(25)22-12(2)15-6-4-5-7-16(15)19/h4-7,10,12H,8-9H2,1-3H3,(H,22,25). The number of nitrogens with one attached hydrogen (secondary N) is 1. The molecule has 0 aliphatic rings. The molecule has 130 valence electrons. The molecule has 0 bridgehead atoms. The van der Waals surface area contributed by atoms with Crippen LogP contribution in [0.15, 0.2) is 35.1 Å². The molecule has 3 rings (SSSR count). The third-order valence-electron chi connectivity index (χ3n) is 4.34.